The van der Waals surface area contributed by atoms with E-state index in [-0.39, 0.29) is 16.5 Å². The van der Waals surface area contributed by atoms with Gasteiger partial charge in [0.2, 0.25) is 0 Å². The molecule has 0 spiro atoms. The summed E-state index contributed by atoms with van der Waals surface area (Å²) in [5, 5.41) is 0.0529. The second-order valence-electron chi connectivity index (χ2n) is 3.67. The Kier molecular flexibility index (Phi) is 2.97. The van der Waals surface area contributed by atoms with Gasteiger partial charge in [-0.3, -0.25) is 0 Å². The monoisotopic (exact) mass is 272 g/mol. The Bertz CT molecular complexity index is 599. The van der Waals surface area contributed by atoms with Crippen LogP contribution in [0.25, 0.3) is 5.57 Å². The summed E-state index contributed by atoms with van der Waals surface area (Å²) in [5.41, 5.74) is 1.27. The molecule has 1 aliphatic rings. The van der Waals surface area contributed by atoms with Crippen molar-refractivity contribution in [3.05, 3.63) is 34.9 Å². The predicted octanol–water partition coefficient (Wildman–Crippen LogP) is 1.60. The lowest BCUT2D eigenvalue weighted by Gasteiger charge is -2.02. The molecule has 17 heavy (non-hydrogen) atoms. The molecule has 1 aromatic carbocycles. The predicted molar refractivity (Wildman–Crippen MR) is 63.3 cm³/mol. The largest absolute Gasteiger partial charge is 0.456 e. The number of hydrogen-bond donors (Lipinski definition) is 0. The summed E-state index contributed by atoms with van der Waals surface area (Å²) in [6.45, 7) is 0.121. The minimum absolute atomic E-state index is 0.0529. The summed E-state index contributed by atoms with van der Waals surface area (Å²) in [6, 6.07) is 6.17. The fourth-order valence-corrected chi connectivity index (χ4v) is 2.35. The van der Waals surface area contributed by atoms with Gasteiger partial charge >= 0.3 is 5.97 Å². The van der Waals surface area contributed by atoms with Crippen LogP contribution >= 0.6 is 11.6 Å². The zero-order valence-corrected chi connectivity index (χ0v) is 10.5. The van der Waals surface area contributed by atoms with Crippen LogP contribution in [0.5, 0.6) is 0 Å². The molecule has 0 radical (unpaired) electrons. The fraction of sp³-hybridized carbons (Fsp3) is 0.182. The van der Waals surface area contributed by atoms with Crippen LogP contribution in [0, 0.1) is 0 Å². The fourth-order valence-electron chi connectivity index (χ4n) is 1.50. The van der Waals surface area contributed by atoms with Gasteiger partial charge in [0, 0.05) is 11.8 Å². The van der Waals surface area contributed by atoms with E-state index in [4.69, 9.17) is 16.3 Å². The van der Waals surface area contributed by atoms with Crippen LogP contribution in [0.15, 0.2) is 34.2 Å². The van der Waals surface area contributed by atoms with Crippen molar-refractivity contribution in [2.45, 2.75) is 4.90 Å². The first kappa shape index (κ1) is 12.1. The van der Waals surface area contributed by atoms with E-state index in [0.717, 1.165) is 6.26 Å². The molecule has 0 aliphatic carbocycles. The van der Waals surface area contributed by atoms with Crippen LogP contribution in [0.4, 0.5) is 0 Å². The van der Waals surface area contributed by atoms with Crippen LogP contribution < -0.4 is 0 Å². The van der Waals surface area contributed by atoms with Gasteiger partial charge in [0.25, 0.3) is 0 Å². The summed E-state index contributed by atoms with van der Waals surface area (Å²) in [7, 11) is -3.21. The summed E-state index contributed by atoms with van der Waals surface area (Å²) >= 11 is 5.78. The standard InChI is InChI=1S/C11H9ClO4S/c1-17(14,15)8-4-2-7(3-5-8)9-6-16-11(13)10(9)12/h2-5H,6H2,1H3. The molecule has 0 aromatic heterocycles. The Labute approximate surface area is 104 Å². The first-order chi connectivity index (χ1) is 7.89. The molecule has 0 bridgehead atoms. The lowest BCUT2D eigenvalue weighted by atomic mass is 10.1. The number of rotatable bonds is 2. The molecule has 0 amide bonds. The van der Waals surface area contributed by atoms with Crippen molar-refractivity contribution in [1.82, 2.24) is 0 Å². The number of ether oxygens (including phenoxy) is 1. The Morgan fingerprint density at radius 1 is 1.24 bits per heavy atom. The number of halogens is 1. The summed E-state index contributed by atoms with van der Waals surface area (Å²) < 4.78 is 27.3. The molecule has 4 nitrogen and oxygen atoms in total. The third kappa shape index (κ3) is 2.35. The van der Waals surface area contributed by atoms with E-state index >= 15 is 0 Å². The number of carbonyl (C=O) groups excluding carboxylic acids is 1. The maximum absolute atomic E-state index is 11.3. The summed E-state index contributed by atoms with van der Waals surface area (Å²) in [6.07, 6.45) is 1.14. The molecule has 0 unspecified atom stereocenters. The van der Waals surface area contributed by atoms with Crippen molar-refractivity contribution >= 4 is 33.0 Å². The van der Waals surface area contributed by atoms with Gasteiger partial charge in [0.05, 0.1) is 4.90 Å². The second kappa shape index (κ2) is 4.16. The van der Waals surface area contributed by atoms with Gasteiger partial charge in [-0.25, -0.2) is 13.2 Å². The van der Waals surface area contributed by atoms with Gasteiger partial charge in [-0.05, 0) is 17.7 Å². The van der Waals surface area contributed by atoms with Crippen molar-refractivity contribution in [2.75, 3.05) is 12.9 Å². The first-order valence-electron chi connectivity index (χ1n) is 4.76. The average Bonchev–Trinajstić information content (AvgIpc) is 2.59. The highest BCUT2D eigenvalue weighted by Gasteiger charge is 2.24. The molecule has 90 valence electrons. The number of hydrogen-bond acceptors (Lipinski definition) is 4. The molecule has 0 atom stereocenters. The molecule has 2 rings (SSSR count). The molecule has 1 aliphatic heterocycles. The number of carbonyl (C=O) groups is 1. The molecular weight excluding hydrogens is 264 g/mol. The van der Waals surface area contributed by atoms with Gasteiger partial charge in [0.1, 0.15) is 11.6 Å². The summed E-state index contributed by atoms with van der Waals surface area (Å²) in [4.78, 5) is 11.3. The Hall–Kier alpha value is -1.33. The van der Waals surface area contributed by atoms with E-state index in [9.17, 15) is 13.2 Å². The molecule has 1 aromatic rings. The number of benzene rings is 1. The van der Waals surface area contributed by atoms with Gasteiger partial charge in [-0.15, -0.1) is 0 Å². The van der Waals surface area contributed by atoms with Gasteiger partial charge < -0.3 is 4.74 Å². The van der Waals surface area contributed by atoms with E-state index in [1.807, 2.05) is 0 Å². The van der Waals surface area contributed by atoms with Gasteiger partial charge in [-0.1, -0.05) is 23.7 Å². The molecule has 1 heterocycles. The highest BCUT2D eigenvalue weighted by molar-refractivity contribution is 7.90. The van der Waals surface area contributed by atoms with Crippen LogP contribution in [0.2, 0.25) is 0 Å². The number of sulfone groups is 1. The lowest BCUT2D eigenvalue weighted by Crippen LogP contribution is -1.97. The molecule has 0 fully saturated rings. The third-order valence-corrected chi connectivity index (χ3v) is 3.93. The first-order valence-corrected chi connectivity index (χ1v) is 7.03. The number of esters is 1. The SMILES string of the molecule is CS(=O)(=O)c1ccc(C2=C(Cl)C(=O)OC2)cc1. The van der Waals surface area contributed by atoms with Crippen LogP contribution in [0.1, 0.15) is 5.56 Å². The van der Waals surface area contributed by atoms with Crippen LogP contribution in [-0.2, 0) is 19.4 Å². The Morgan fingerprint density at radius 3 is 2.24 bits per heavy atom. The van der Waals surface area contributed by atoms with Crippen molar-refractivity contribution in [1.29, 1.82) is 0 Å². The normalized spacial score (nSPS) is 16.2. The minimum Gasteiger partial charge on any atom is -0.456 e. The topological polar surface area (TPSA) is 60.4 Å². The zero-order chi connectivity index (χ0) is 12.6. The third-order valence-electron chi connectivity index (χ3n) is 2.42. The van der Waals surface area contributed by atoms with Crippen molar-refractivity contribution in [3.63, 3.8) is 0 Å². The second-order valence-corrected chi connectivity index (χ2v) is 6.06. The zero-order valence-electron chi connectivity index (χ0n) is 8.94. The molecule has 0 N–H and O–H groups in total. The van der Waals surface area contributed by atoms with Crippen molar-refractivity contribution < 1.29 is 17.9 Å². The average molecular weight is 273 g/mol. The maximum atomic E-state index is 11.3. The summed E-state index contributed by atoms with van der Waals surface area (Å²) in [5.74, 6) is -0.547. The number of cyclic esters (lactones) is 1. The maximum Gasteiger partial charge on any atom is 0.350 e. The van der Waals surface area contributed by atoms with Crippen molar-refractivity contribution in [2.24, 2.45) is 0 Å². The smallest absolute Gasteiger partial charge is 0.350 e. The highest BCUT2D eigenvalue weighted by atomic mass is 35.5. The minimum atomic E-state index is -3.21. The molecule has 0 saturated carbocycles. The lowest BCUT2D eigenvalue weighted by molar-refractivity contribution is -0.135. The Balaban J connectivity index is 2.41. The quantitative estimate of drug-likeness (QED) is 0.767. The van der Waals surface area contributed by atoms with E-state index in [1.165, 1.54) is 12.1 Å². The highest BCUT2D eigenvalue weighted by Crippen LogP contribution is 2.28. The molecular formula is C11H9ClO4S. The van der Waals surface area contributed by atoms with E-state index < -0.39 is 15.8 Å². The van der Waals surface area contributed by atoms with E-state index in [0.29, 0.717) is 11.1 Å². The Morgan fingerprint density at radius 2 is 1.82 bits per heavy atom. The molecule has 0 saturated heterocycles. The van der Waals surface area contributed by atoms with Gasteiger partial charge in [-0.2, -0.15) is 0 Å². The van der Waals surface area contributed by atoms with E-state index in [1.54, 1.807) is 12.1 Å². The molecule has 6 heteroatoms. The van der Waals surface area contributed by atoms with Crippen LogP contribution in [-0.4, -0.2) is 27.2 Å². The van der Waals surface area contributed by atoms with Crippen molar-refractivity contribution in [3.8, 4) is 0 Å². The van der Waals surface area contributed by atoms with E-state index in [2.05, 4.69) is 0 Å². The van der Waals surface area contributed by atoms with Crippen LogP contribution in [0.3, 0.4) is 0 Å². The van der Waals surface area contributed by atoms with Gasteiger partial charge in [0.15, 0.2) is 9.84 Å².